The first kappa shape index (κ1) is 14.0. The SMILES string of the molecule is CNC(c1cccc(F)c1)c1c(Cl)cnn1C(C)C. The Bertz CT molecular complexity index is 566. The Balaban J connectivity index is 2.51. The molecule has 19 heavy (non-hydrogen) atoms. The Hall–Kier alpha value is -1.39. The Labute approximate surface area is 117 Å². The van der Waals surface area contributed by atoms with Crippen LogP contribution in [-0.4, -0.2) is 16.8 Å². The van der Waals surface area contributed by atoms with Crippen molar-refractivity contribution in [3.05, 3.63) is 52.6 Å². The summed E-state index contributed by atoms with van der Waals surface area (Å²) in [6, 6.07) is 6.50. The van der Waals surface area contributed by atoms with Crippen molar-refractivity contribution in [2.75, 3.05) is 7.05 Å². The van der Waals surface area contributed by atoms with E-state index in [4.69, 9.17) is 11.6 Å². The molecular weight excluding hydrogens is 265 g/mol. The summed E-state index contributed by atoms with van der Waals surface area (Å²) in [5.41, 5.74) is 1.68. The van der Waals surface area contributed by atoms with E-state index in [9.17, 15) is 4.39 Å². The van der Waals surface area contributed by atoms with Crippen LogP contribution < -0.4 is 5.32 Å². The number of aromatic nitrogens is 2. The normalized spacial score (nSPS) is 12.9. The van der Waals surface area contributed by atoms with Gasteiger partial charge in [0, 0.05) is 6.04 Å². The zero-order valence-corrected chi connectivity index (χ0v) is 11.9. The van der Waals surface area contributed by atoms with Crippen LogP contribution in [0.1, 0.15) is 37.2 Å². The van der Waals surface area contributed by atoms with Crippen LogP contribution in [0.15, 0.2) is 30.5 Å². The Morgan fingerprint density at radius 1 is 1.37 bits per heavy atom. The second-order valence-corrected chi connectivity index (χ2v) is 5.10. The lowest BCUT2D eigenvalue weighted by atomic mass is 10.0. The first-order valence-electron chi connectivity index (χ1n) is 6.20. The smallest absolute Gasteiger partial charge is 0.123 e. The molecule has 0 spiro atoms. The van der Waals surface area contributed by atoms with Gasteiger partial charge in [0.05, 0.1) is 23.0 Å². The number of hydrogen-bond acceptors (Lipinski definition) is 2. The minimum absolute atomic E-state index is 0.187. The molecular formula is C14H17ClFN3. The molecule has 0 aliphatic carbocycles. The minimum atomic E-state index is -0.260. The first-order chi connectivity index (χ1) is 9.04. The second kappa shape index (κ2) is 5.72. The summed E-state index contributed by atoms with van der Waals surface area (Å²) < 4.78 is 15.2. The molecule has 1 N–H and O–H groups in total. The fraction of sp³-hybridized carbons (Fsp3) is 0.357. The van der Waals surface area contributed by atoms with Crippen molar-refractivity contribution in [3.8, 4) is 0 Å². The van der Waals surface area contributed by atoms with Crippen LogP contribution in [0, 0.1) is 5.82 Å². The van der Waals surface area contributed by atoms with Crippen LogP contribution in [0.4, 0.5) is 4.39 Å². The van der Waals surface area contributed by atoms with Crippen LogP contribution in [0.25, 0.3) is 0 Å². The molecule has 0 bridgehead atoms. The van der Waals surface area contributed by atoms with Crippen LogP contribution in [0.2, 0.25) is 5.02 Å². The molecule has 1 heterocycles. The summed E-state index contributed by atoms with van der Waals surface area (Å²) in [4.78, 5) is 0. The number of nitrogens with zero attached hydrogens (tertiary/aromatic N) is 2. The van der Waals surface area contributed by atoms with E-state index < -0.39 is 0 Å². The first-order valence-corrected chi connectivity index (χ1v) is 6.58. The van der Waals surface area contributed by atoms with Crippen molar-refractivity contribution in [3.63, 3.8) is 0 Å². The van der Waals surface area contributed by atoms with E-state index in [0.29, 0.717) is 5.02 Å². The van der Waals surface area contributed by atoms with E-state index in [1.54, 1.807) is 12.3 Å². The van der Waals surface area contributed by atoms with Crippen LogP contribution in [-0.2, 0) is 0 Å². The molecule has 0 saturated carbocycles. The zero-order valence-electron chi connectivity index (χ0n) is 11.2. The number of hydrogen-bond donors (Lipinski definition) is 1. The standard InChI is InChI=1S/C14H17ClFN3/c1-9(2)19-14(12(15)8-18-19)13(17-3)10-5-4-6-11(16)7-10/h4-9,13,17H,1-3H3. The summed E-state index contributed by atoms with van der Waals surface area (Å²) in [6.45, 7) is 4.07. The molecule has 1 aromatic carbocycles. The highest BCUT2D eigenvalue weighted by atomic mass is 35.5. The molecule has 0 aliphatic rings. The molecule has 1 aromatic heterocycles. The van der Waals surface area contributed by atoms with Crippen molar-refractivity contribution in [1.29, 1.82) is 0 Å². The Morgan fingerprint density at radius 3 is 2.68 bits per heavy atom. The van der Waals surface area contributed by atoms with Crippen molar-refractivity contribution in [2.45, 2.75) is 25.9 Å². The molecule has 0 fully saturated rings. The maximum Gasteiger partial charge on any atom is 0.123 e. The molecule has 102 valence electrons. The molecule has 5 heteroatoms. The average molecular weight is 282 g/mol. The third kappa shape index (κ3) is 2.80. The summed E-state index contributed by atoms with van der Waals surface area (Å²) in [5.74, 6) is -0.260. The van der Waals surface area contributed by atoms with Gasteiger partial charge >= 0.3 is 0 Å². The van der Waals surface area contributed by atoms with E-state index in [0.717, 1.165) is 11.3 Å². The summed E-state index contributed by atoms with van der Waals surface area (Å²) in [6.07, 6.45) is 1.63. The van der Waals surface area contributed by atoms with Gasteiger partial charge in [0.25, 0.3) is 0 Å². The molecule has 0 amide bonds. The highest BCUT2D eigenvalue weighted by Crippen LogP contribution is 2.30. The lowest BCUT2D eigenvalue weighted by Crippen LogP contribution is -2.23. The largest absolute Gasteiger partial charge is 0.308 e. The number of benzene rings is 1. The van der Waals surface area contributed by atoms with Crippen molar-refractivity contribution in [2.24, 2.45) is 0 Å². The topological polar surface area (TPSA) is 29.9 Å². The summed E-state index contributed by atoms with van der Waals surface area (Å²) in [5, 5.41) is 8.04. The highest BCUT2D eigenvalue weighted by Gasteiger charge is 2.22. The lowest BCUT2D eigenvalue weighted by Gasteiger charge is -2.21. The van der Waals surface area contributed by atoms with Gasteiger partial charge < -0.3 is 5.32 Å². The number of nitrogens with one attached hydrogen (secondary N) is 1. The van der Waals surface area contributed by atoms with Gasteiger partial charge in [0.1, 0.15) is 5.82 Å². The van der Waals surface area contributed by atoms with Crippen molar-refractivity contribution >= 4 is 11.6 Å². The van der Waals surface area contributed by atoms with E-state index in [1.165, 1.54) is 12.1 Å². The Morgan fingerprint density at radius 2 is 2.11 bits per heavy atom. The van der Waals surface area contributed by atoms with Crippen LogP contribution >= 0.6 is 11.6 Å². The molecule has 0 radical (unpaired) electrons. The molecule has 0 saturated heterocycles. The minimum Gasteiger partial charge on any atom is -0.308 e. The van der Waals surface area contributed by atoms with Crippen LogP contribution in [0.3, 0.4) is 0 Å². The number of halogens is 2. The number of rotatable bonds is 4. The highest BCUT2D eigenvalue weighted by molar-refractivity contribution is 6.31. The van der Waals surface area contributed by atoms with Gasteiger partial charge in [-0.3, -0.25) is 4.68 Å². The predicted octanol–water partition coefficient (Wildman–Crippen LogP) is 3.57. The predicted molar refractivity (Wildman–Crippen MR) is 74.9 cm³/mol. The summed E-state index contributed by atoms with van der Waals surface area (Å²) in [7, 11) is 1.82. The van der Waals surface area contributed by atoms with E-state index in [2.05, 4.69) is 10.4 Å². The van der Waals surface area contributed by atoms with Gasteiger partial charge in [-0.25, -0.2) is 4.39 Å². The maximum atomic E-state index is 13.4. The fourth-order valence-corrected chi connectivity index (χ4v) is 2.42. The van der Waals surface area contributed by atoms with Gasteiger partial charge in [-0.05, 0) is 38.6 Å². The van der Waals surface area contributed by atoms with Gasteiger partial charge in [-0.1, -0.05) is 23.7 Å². The molecule has 2 rings (SSSR count). The third-order valence-corrected chi connectivity index (χ3v) is 3.31. The van der Waals surface area contributed by atoms with E-state index >= 15 is 0 Å². The molecule has 0 aliphatic heterocycles. The molecule has 1 atom stereocenters. The van der Waals surface area contributed by atoms with E-state index in [-0.39, 0.29) is 17.9 Å². The molecule has 1 unspecified atom stereocenters. The van der Waals surface area contributed by atoms with Crippen molar-refractivity contribution in [1.82, 2.24) is 15.1 Å². The molecule has 3 nitrogen and oxygen atoms in total. The van der Waals surface area contributed by atoms with Gasteiger partial charge in [-0.15, -0.1) is 0 Å². The van der Waals surface area contributed by atoms with Gasteiger partial charge in [-0.2, -0.15) is 5.10 Å². The average Bonchev–Trinajstić information content (AvgIpc) is 2.73. The monoisotopic (exact) mass is 281 g/mol. The Kier molecular flexibility index (Phi) is 4.22. The lowest BCUT2D eigenvalue weighted by molar-refractivity contribution is 0.483. The second-order valence-electron chi connectivity index (χ2n) is 4.69. The van der Waals surface area contributed by atoms with Crippen molar-refractivity contribution < 1.29 is 4.39 Å². The summed E-state index contributed by atoms with van der Waals surface area (Å²) >= 11 is 6.24. The van der Waals surface area contributed by atoms with Crippen LogP contribution in [0.5, 0.6) is 0 Å². The quantitative estimate of drug-likeness (QED) is 0.928. The fourth-order valence-electron chi connectivity index (χ4n) is 2.18. The third-order valence-electron chi connectivity index (χ3n) is 3.02. The maximum absolute atomic E-state index is 13.4. The molecule has 2 aromatic rings. The van der Waals surface area contributed by atoms with E-state index in [1.807, 2.05) is 31.6 Å². The zero-order chi connectivity index (χ0) is 14.0. The van der Waals surface area contributed by atoms with Gasteiger partial charge in [0.15, 0.2) is 0 Å². The van der Waals surface area contributed by atoms with Gasteiger partial charge in [0.2, 0.25) is 0 Å².